The van der Waals surface area contributed by atoms with Crippen molar-refractivity contribution in [2.75, 3.05) is 32.7 Å². The maximum Gasteiger partial charge on any atom is 0.222 e. The minimum atomic E-state index is 0.252. The topological polar surface area (TPSA) is 45.7 Å². The molecule has 1 amide bonds. The van der Waals surface area contributed by atoms with Crippen molar-refractivity contribution in [3.8, 4) is 5.75 Å². The lowest BCUT2D eigenvalue weighted by atomic mass is 10.0. The first-order chi connectivity index (χ1) is 15.6. The molecule has 0 bridgehead atoms. The second-order valence-electron chi connectivity index (χ2n) is 8.95. The van der Waals surface area contributed by atoms with Gasteiger partial charge in [-0.3, -0.25) is 9.78 Å². The third kappa shape index (κ3) is 6.93. The molecule has 0 radical (unpaired) electrons. The van der Waals surface area contributed by atoms with Gasteiger partial charge in [-0.1, -0.05) is 19.4 Å². The lowest BCUT2D eigenvalue weighted by Crippen LogP contribution is -2.38. The van der Waals surface area contributed by atoms with Crippen LogP contribution >= 0.6 is 0 Å². The van der Waals surface area contributed by atoms with Crippen molar-refractivity contribution in [2.24, 2.45) is 0 Å². The summed E-state index contributed by atoms with van der Waals surface area (Å²) >= 11 is 0. The van der Waals surface area contributed by atoms with Crippen molar-refractivity contribution in [3.63, 3.8) is 0 Å². The fourth-order valence-corrected chi connectivity index (χ4v) is 4.61. The molecule has 176 valence electrons. The molecule has 0 atom stereocenters. The number of hydrogen-bond acceptors (Lipinski definition) is 4. The van der Waals surface area contributed by atoms with Crippen molar-refractivity contribution >= 4 is 16.8 Å². The van der Waals surface area contributed by atoms with E-state index in [0.29, 0.717) is 12.3 Å². The number of likely N-dealkylation sites (tertiary alicyclic amines) is 1. The van der Waals surface area contributed by atoms with Crippen LogP contribution in [0, 0.1) is 0 Å². The minimum absolute atomic E-state index is 0.252. The van der Waals surface area contributed by atoms with Crippen LogP contribution in [0.15, 0.2) is 30.5 Å². The van der Waals surface area contributed by atoms with E-state index in [2.05, 4.69) is 35.0 Å². The molecule has 2 aromatic rings. The molecular weight excluding hydrogens is 398 g/mol. The van der Waals surface area contributed by atoms with E-state index in [1.165, 1.54) is 23.8 Å². The SMILES string of the molecule is CCCCc1cc(OC2CCN(CCCCC(=O)N(CC)CC)CC2)c2ncccc2c1. The van der Waals surface area contributed by atoms with Crippen LogP contribution in [-0.4, -0.2) is 59.5 Å². The molecule has 5 nitrogen and oxygen atoms in total. The number of aryl methyl sites for hydroxylation is 1. The molecule has 0 unspecified atom stereocenters. The van der Waals surface area contributed by atoms with Crippen LogP contribution < -0.4 is 4.74 Å². The van der Waals surface area contributed by atoms with E-state index in [0.717, 1.165) is 76.1 Å². The normalized spacial score (nSPS) is 15.2. The van der Waals surface area contributed by atoms with E-state index in [9.17, 15) is 4.79 Å². The zero-order valence-corrected chi connectivity index (χ0v) is 20.3. The third-order valence-corrected chi connectivity index (χ3v) is 6.61. The van der Waals surface area contributed by atoms with Gasteiger partial charge in [0.25, 0.3) is 0 Å². The fourth-order valence-electron chi connectivity index (χ4n) is 4.61. The molecule has 0 spiro atoms. The third-order valence-electron chi connectivity index (χ3n) is 6.61. The van der Waals surface area contributed by atoms with Crippen molar-refractivity contribution in [1.29, 1.82) is 0 Å². The molecule has 5 heteroatoms. The first kappa shape index (κ1) is 24.5. The maximum atomic E-state index is 12.1. The van der Waals surface area contributed by atoms with E-state index in [1.807, 2.05) is 31.0 Å². The second-order valence-corrected chi connectivity index (χ2v) is 8.95. The van der Waals surface area contributed by atoms with E-state index < -0.39 is 0 Å². The average Bonchev–Trinajstić information content (AvgIpc) is 2.82. The largest absolute Gasteiger partial charge is 0.488 e. The van der Waals surface area contributed by atoms with Crippen LogP contribution in [0.4, 0.5) is 0 Å². The summed E-state index contributed by atoms with van der Waals surface area (Å²) in [6.07, 6.45) is 10.4. The summed E-state index contributed by atoms with van der Waals surface area (Å²) in [7, 11) is 0. The summed E-state index contributed by atoms with van der Waals surface area (Å²) in [5, 5.41) is 1.17. The monoisotopic (exact) mass is 439 g/mol. The number of carbonyl (C=O) groups excluding carboxylic acids is 1. The highest BCUT2D eigenvalue weighted by Gasteiger charge is 2.21. The highest BCUT2D eigenvalue weighted by molar-refractivity contribution is 5.85. The summed E-state index contributed by atoms with van der Waals surface area (Å²) in [6, 6.07) is 8.62. The van der Waals surface area contributed by atoms with Gasteiger partial charge < -0.3 is 14.5 Å². The average molecular weight is 440 g/mol. The summed E-state index contributed by atoms with van der Waals surface area (Å²) in [4.78, 5) is 21.2. The first-order valence-electron chi connectivity index (χ1n) is 12.7. The van der Waals surface area contributed by atoms with Gasteiger partial charge in [0.05, 0.1) is 0 Å². The fraction of sp³-hybridized carbons (Fsp3) is 0.630. The van der Waals surface area contributed by atoms with E-state index in [-0.39, 0.29) is 6.10 Å². The zero-order chi connectivity index (χ0) is 22.8. The summed E-state index contributed by atoms with van der Waals surface area (Å²) in [5.41, 5.74) is 2.33. The maximum absolute atomic E-state index is 12.1. The number of pyridine rings is 1. The van der Waals surface area contributed by atoms with Crippen LogP contribution in [-0.2, 0) is 11.2 Å². The molecular formula is C27H41N3O2. The van der Waals surface area contributed by atoms with Gasteiger partial charge in [0, 0.05) is 44.2 Å². The predicted molar refractivity (Wildman–Crippen MR) is 132 cm³/mol. The number of unbranched alkanes of at least 4 members (excludes halogenated alkanes) is 2. The Morgan fingerprint density at radius 1 is 1.12 bits per heavy atom. The minimum Gasteiger partial charge on any atom is -0.488 e. The number of fused-ring (bicyclic) bond motifs is 1. The molecule has 1 fully saturated rings. The number of nitrogens with zero attached hydrogens (tertiary/aromatic N) is 3. The Morgan fingerprint density at radius 2 is 1.91 bits per heavy atom. The quantitative estimate of drug-likeness (QED) is 0.412. The number of ether oxygens (including phenoxy) is 1. The molecule has 1 aliphatic heterocycles. The highest BCUT2D eigenvalue weighted by atomic mass is 16.5. The first-order valence-corrected chi connectivity index (χ1v) is 12.7. The number of amides is 1. The van der Waals surface area contributed by atoms with Crippen LogP contribution in [0.25, 0.3) is 10.9 Å². The number of rotatable bonds is 12. The van der Waals surface area contributed by atoms with Crippen LogP contribution in [0.2, 0.25) is 0 Å². The van der Waals surface area contributed by atoms with Crippen molar-refractivity contribution in [1.82, 2.24) is 14.8 Å². The van der Waals surface area contributed by atoms with Crippen molar-refractivity contribution < 1.29 is 9.53 Å². The van der Waals surface area contributed by atoms with E-state index >= 15 is 0 Å². The second kappa shape index (κ2) is 12.8. The number of hydrogen-bond donors (Lipinski definition) is 0. The lowest BCUT2D eigenvalue weighted by molar-refractivity contribution is -0.130. The standard InChI is InChI=1S/C27H41N3O2/c1-4-7-11-22-20-23-12-10-16-28-27(23)25(21-22)32-24-14-18-29(19-15-24)17-9-8-13-26(31)30(5-2)6-3/h10,12,16,20-21,24H,4-9,11,13-15,17-19H2,1-3H3. The van der Waals surface area contributed by atoms with Gasteiger partial charge in [-0.2, -0.15) is 0 Å². The Hall–Kier alpha value is -2.14. The van der Waals surface area contributed by atoms with Gasteiger partial charge in [0.1, 0.15) is 17.4 Å². The molecule has 0 saturated carbocycles. The summed E-state index contributed by atoms with van der Waals surface area (Å²) < 4.78 is 6.51. The molecule has 1 aromatic heterocycles. The molecule has 2 heterocycles. The van der Waals surface area contributed by atoms with Crippen LogP contribution in [0.1, 0.15) is 71.3 Å². The van der Waals surface area contributed by atoms with Gasteiger partial charge in [0.2, 0.25) is 5.91 Å². The molecule has 0 aliphatic carbocycles. The Labute approximate surface area is 194 Å². The van der Waals surface area contributed by atoms with Gasteiger partial charge in [-0.25, -0.2) is 0 Å². The Bertz CT molecular complexity index is 842. The number of aromatic nitrogens is 1. The van der Waals surface area contributed by atoms with E-state index in [1.54, 1.807) is 0 Å². The highest BCUT2D eigenvalue weighted by Crippen LogP contribution is 2.29. The number of piperidine rings is 1. The number of carbonyl (C=O) groups is 1. The summed E-state index contributed by atoms with van der Waals surface area (Å²) in [5.74, 6) is 1.24. The zero-order valence-electron chi connectivity index (χ0n) is 20.3. The smallest absolute Gasteiger partial charge is 0.222 e. The number of benzene rings is 1. The Morgan fingerprint density at radius 3 is 2.62 bits per heavy atom. The van der Waals surface area contributed by atoms with Gasteiger partial charge in [-0.15, -0.1) is 0 Å². The molecule has 1 saturated heterocycles. The Balaban J connectivity index is 1.47. The molecule has 0 N–H and O–H groups in total. The van der Waals surface area contributed by atoms with Gasteiger partial charge in [0.15, 0.2) is 0 Å². The van der Waals surface area contributed by atoms with Crippen molar-refractivity contribution in [2.45, 2.75) is 78.2 Å². The van der Waals surface area contributed by atoms with Crippen LogP contribution in [0.3, 0.4) is 0 Å². The molecule has 32 heavy (non-hydrogen) atoms. The summed E-state index contributed by atoms with van der Waals surface area (Å²) in [6.45, 7) is 11.2. The Kier molecular flexibility index (Phi) is 9.79. The molecule has 3 rings (SSSR count). The molecule has 1 aromatic carbocycles. The lowest BCUT2D eigenvalue weighted by Gasteiger charge is -2.32. The van der Waals surface area contributed by atoms with Gasteiger partial charge in [-0.05, 0) is 82.7 Å². The van der Waals surface area contributed by atoms with Crippen LogP contribution in [0.5, 0.6) is 5.75 Å². The molecule has 1 aliphatic rings. The van der Waals surface area contributed by atoms with Gasteiger partial charge >= 0.3 is 0 Å². The van der Waals surface area contributed by atoms with E-state index in [4.69, 9.17) is 4.74 Å². The predicted octanol–water partition coefficient (Wildman–Crippen LogP) is 5.46. The van der Waals surface area contributed by atoms with Crippen molar-refractivity contribution in [3.05, 3.63) is 36.0 Å².